The van der Waals surface area contributed by atoms with Crippen molar-refractivity contribution in [2.45, 2.75) is 40.5 Å². The average Bonchev–Trinajstić information content (AvgIpc) is 3.53. The number of aryl methyl sites for hydroxylation is 4. The molecule has 0 aliphatic heterocycles. The highest BCUT2D eigenvalue weighted by Crippen LogP contribution is 2.33. The molecule has 34 heavy (non-hydrogen) atoms. The molecule has 1 N–H and O–H groups in total. The van der Waals surface area contributed by atoms with Crippen LogP contribution in [0.4, 0.5) is 0 Å². The van der Waals surface area contributed by atoms with E-state index in [2.05, 4.69) is 85.5 Å². The third-order valence-corrected chi connectivity index (χ3v) is 5.93. The molecule has 4 heteroatoms. The summed E-state index contributed by atoms with van der Waals surface area (Å²) in [5.41, 5.74) is 8.16. The second-order valence-corrected chi connectivity index (χ2v) is 8.50. The summed E-state index contributed by atoms with van der Waals surface area (Å²) in [6.45, 7) is 8.38. The lowest BCUT2D eigenvalue weighted by molar-refractivity contribution is 0.465. The first kappa shape index (κ1) is 23.2. The van der Waals surface area contributed by atoms with Crippen LogP contribution >= 0.6 is 0 Å². The molecule has 4 nitrogen and oxygen atoms in total. The van der Waals surface area contributed by atoms with Crippen molar-refractivity contribution in [2.75, 3.05) is 0 Å². The molecule has 0 unspecified atom stereocenters. The molecule has 0 spiro atoms. The van der Waals surface area contributed by atoms with Gasteiger partial charge in [0.25, 0.3) is 0 Å². The van der Waals surface area contributed by atoms with Gasteiger partial charge in [0, 0.05) is 0 Å². The van der Waals surface area contributed by atoms with E-state index in [4.69, 9.17) is 0 Å². The first-order valence-electron chi connectivity index (χ1n) is 11.9. The van der Waals surface area contributed by atoms with Crippen molar-refractivity contribution in [1.29, 1.82) is 0 Å². The van der Waals surface area contributed by atoms with E-state index in [1.54, 1.807) is 0 Å². The van der Waals surface area contributed by atoms with E-state index in [9.17, 15) is 5.11 Å². The number of rotatable bonds is 3. The van der Waals surface area contributed by atoms with Crippen molar-refractivity contribution in [1.82, 2.24) is 14.1 Å². The molecular formula is C30H33N3O. The van der Waals surface area contributed by atoms with E-state index in [0.717, 1.165) is 24.1 Å². The fourth-order valence-electron chi connectivity index (χ4n) is 3.93. The number of nitrogens with zero attached hydrogens (tertiary/aromatic N) is 3. The zero-order chi connectivity index (χ0) is 24.1. The van der Waals surface area contributed by atoms with Crippen molar-refractivity contribution >= 4 is 11.0 Å². The summed E-state index contributed by atoms with van der Waals surface area (Å²) in [4.78, 5) is 2.03. The Morgan fingerprint density at radius 1 is 0.618 bits per heavy atom. The van der Waals surface area contributed by atoms with Crippen molar-refractivity contribution in [3.05, 3.63) is 119 Å². The molecule has 0 aliphatic carbocycles. The smallest absolute Gasteiger partial charge is 0.146 e. The second-order valence-electron chi connectivity index (χ2n) is 8.50. The highest BCUT2D eigenvalue weighted by atomic mass is 16.3. The molecule has 6 rings (SSSR count). The third-order valence-electron chi connectivity index (χ3n) is 5.93. The number of aromatic hydroxyl groups is 1. The van der Waals surface area contributed by atoms with Gasteiger partial charge in [-0.25, -0.2) is 0 Å². The number of aromatic nitrogens is 3. The topological polar surface area (TPSA) is 34.0 Å². The lowest BCUT2D eigenvalue weighted by Crippen LogP contribution is -1.94. The van der Waals surface area contributed by atoms with Crippen LogP contribution in [0.5, 0.6) is 5.75 Å². The van der Waals surface area contributed by atoms with Crippen LogP contribution < -0.4 is 0 Å². The highest BCUT2D eigenvalue weighted by molar-refractivity contribution is 5.79. The Morgan fingerprint density at radius 2 is 1.09 bits per heavy atom. The van der Waals surface area contributed by atoms with Gasteiger partial charge in [-0.3, -0.25) is 0 Å². The van der Waals surface area contributed by atoms with Gasteiger partial charge >= 0.3 is 0 Å². The molecule has 0 amide bonds. The first-order valence-corrected chi connectivity index (χ1v) is 11.9. The molecule has 2 heterocycles. The van der Waals surface area contributed by atoms with E-state index in [0.29, 0.717) is 5.75 Å². The van der Waals surface area contributed by atoms with E-state index < -0.39 is 0 Å². The van der Waals surface area contributed by atoms with Gasteiger partial charge < -0.3 is 5.11 Å². The maximum absolute atomic E-state index is 10.5. The zero-order valence-electron chi connectivity index (χ0n) is 20.4. The first-order chi connectivity index (χ1) is 16.5. The Hall–Kier alpha value is -3.92. The Morgan fingerprint density at radius 3 is 1.47 bits per heavy atom. The Balaban J connectivity index is 0.000000160. The molecule has 0 aliphatic rings. The highest BCUT2D eigenvalue weighted by Gasteiger charge is 2.26. The van der Waals surface area contributed by atoms with Crippen LogP contribution in [0.1, 0.15) is 36.1 Å². The molecule has 4 aromatic carbocycles. The van der Waals surface area contributed by atoms with Gasteiger partial charge in [0.15, 0.2) is 0 Å². The van der Waals surface area contributed by atoms with Crippen molar-refractivity contribution in [2.24, 2.45) is 0 Å². The molecule has 0 saturated carbocycles. The largest absolute Gasteiger partial charge is 0.505 e. The number of benzene rings is 4. The zero-order valence-corrected chi connectivity index (χ0v) is 20.4. The van der Waals surface area contributed by atoms with Crippen molar-refractivity contribution in [3.63, 3.8) is 0 Å². The van der Waals surface area contributed by atoms with Gasteiger partial charge in [0.2, 0.25) is 0 Å². The van der Waals surface area contributed by atoms with Crippen LogP contribution in [-0.4, -0.2) is 19.2 Å². The average molecular weight is 452 g/mol. The minimum absolute atomic E-state index is 0.394. The molecule has 0 atom stereocenters. The minimum Gasteiger partial charge on any atom is -0.505 e. The van der Waals surface area contributed by atoms with Crippen LogP contribution in [0.25, 0.3) is 16.7 Å². The number of hydrogen-bond donors (Lipinski definition) is 1. The molecule has 0 saturated heterocycles. The fraction of sp³-hybridized carbons (Fsp3) is 0.200. The summed E-state index contributed by atoms with van der Waals surface area (Å²) >= 11 is 0. The molecule has 0 radical (unpaired) electrons. The van der Waals surface area contributed by atoms with Crippen LogP contribution in [0, 0.1) is 13.8 Å². The summed E-state index contributed by atoms with van der Waals surface area (Å²) in [6, 6.07) is 32.9. The van der Waals surface area contributed by atoms with Gasteiger partial charge in [-0.15, -0.1) is 14.1 Å². The molecule has 0 fully saturated rings. The summed E-state index contributed by atoms with van der Waals surface area (Å²) in [5.74, 6) is 0.394. The van der Waals surface area contributed by atoms with Crippen LogP contribution in [0.2, 0.25) is 0 Å². The predicted octanol–water partition coefficient (Wildman–Crippen LogP) is 7.24. The van der Waals surface area contributed by atoms with E-state index in [1.165, 1.54) is 27.7 Å². The van der Waals surface area contributed by atoms with Gasteiger partial charge in [0.05, 0.1) is 0 Å². The summed E-state index contributed by atoms with van der Waals surface area (Å²) in [6.07, 6.45) is 1.81. The molecule has 2 aromatic heterocycles. The maximum atomic E-state index is 10.5. The van der Waals surface area contributed by atoms with Crippen molar-refractivity contribution in [3.8, 4) is 11.4 Å². The Labute approximate surface area is 201 Å². The van der Waals surface area contributed by atoms with Gasteiger partial charge in [-0.05, 0) is 56.0 Å². The second kappa shape index (κ2) is 10.3. The fourth-order valence-corrected chi connectivity index (χ4v) is 3.93. The molecule has 174 valence electrons. The number of hydrogen-bond acceptors (Lipinski definition) is 1. The number of phenolic OH excluding ortho intramolecular Hbond substituents is 1. The summed E-state index contributed by atoms with van der Waals surface area (Å²) in [7, 11) is 0. The van der Waals surface area contributed by atoms with Gasteiger partial charge in [0.1, 0.15) is 22.5 Å². The molecule has 6 aromatic rings. The van der Waals surface area contributed by atoms with E-state index in [1.807, 2.05) is 53.3 Å². The van der Waals surface area contributed by atoms with Crippen LogP contribution in [0.15, 0.2) is 97.1 Å². The normalized spacial score (nSPS) is 10.7. The van der Waals surface area contributed by atoms with Crippen molar-refractivity contribution < 1.29 is 5.11 Å². The SMILES string of the molecule is CCc1cc(CC)c(O)c(-n2n3c4ccccc4n23)c1.Cc1ccccc1.Cc1ccccc1. The lowest BCUT2D eigenvalue weighted by Gasteiger charge is -2.08. The van der Waals surface area contributed by atoms with Gasteiger partial charge in [-0.2, -0.15) is 0 Å². The van der Waals surface area contributed by atoms with E-state index >= 15 is 0 Å². The van der Waals surface area contributed by atoms with Crippen LogP contribution in [0.3, 0.4) is 0 Å². The Kier molecular flexibility index (Phi) is 7.07. The summed E-state index contributed by atoms with van der Waals surface area (Å²) < 4.78 is 4.15. The van der Waals surface area contributed by atoms with Crippen LogP contribution in [-0.2, 0) is 12.8 Å². The summed E-state index contributed by atoms with van der Waals surface area (Å²) in [5, 5.41) is 10.5. The number of para-hydroxylation sites is 2. The Bertz CT molecular complexity index is 1360. The lowest BCUT2D eigenvalue weighted by atomic mass is 10.0. The quantitative estimate of drug-likeness (QED) is 0.302. The van der Waals surface area contributed by atoms with E-state index in [-0.39, 0.29) is 0 Å². The molecular weight excluding hydrogens is 418 g/mol. The maximum Gasteiger partial charge on any atom is 0.146 e. The standard InChI is InChI=1S/C16H17N3O.2C7H8/c1-3-11-9-12(4-2)16(20)15(10-11)19-17-13-7-5-6-8-14(13)18(17)19;2*1-7-5-3-2-4-6-7/h5-10,20H,3-4H2,1-2H3;2*2-6H,1H3. The number of fused-ring (bicyclic) bond motifs is 4. The molecule has 0 bridgehead atoms. The number of phenols is 1. The predicted molar refractivity (Wildman–Crippen MR) is 142 cm³/mol. The monoisotopic (exact) mass is 451 g/mol. The third kappa shape index (κ3) is 4.86. The minimum atomic E-state index is 0.394. The van der Waals surface area contributed by atoms with Gasteiger partial charge in [-0.1, -0.05) is 104 Å².